The Hall–Kier alpha value is -2.18. The lowest BCUT2D eigenvalue weighted by molar-refractivity contribution is 0.177. The average Bonchev–Trinajstić information content (AvgIpc) is 2.64. The van der Waals surface area contributed by atoms with Crippen molar-refractivity contribution < 1.29 is 4.39 Å². The SMILES string of the molecule is CN(C)c1ccc(NC(=S)N2CCN(Cc3ccc(F)cc3)CC2)cc1. The van der Waals surface area contributed by atoms with E-state index in [1.165, 1.54) is 12.1 Å². The fraction of sp³-hybridized carbons (Fsp3) is 0.350. The number of nitrogens with one attached hydrogen (secondary N) is 1. The van der Waals surface area contributed by atoms with Crippen molar-refractivity contribution in [1.29, 1.82) is 0 Å². The Morgan fingerprint density at radius 2 is 1.62 bits per heavy atom. The third-order valence-electron chi connectivity index (χ3n) is 4.61. The molecule has 0 aromatic heterocycles. The summed E-state index contributed by atoms with van der Waals surface area (Å²) >= 11 is 5.57. The second-order valence-corrected chi connectivity index (χ2v) is 7.15. The minimum atomic E-state index is -0.186. The van der Waals surface area contributed by atoms with Crippen molar-refractivity contribution in [3.63, 3.8) is 0 Å². The fourth-order valence-corrected chi connectivity index (χ4v) is 3.30. The number of thiocarbonyl (C=S) groups is 1. The molecule has 0 unspecified atom stereocenters. The Kier molecular flexibility index (Phi) is 6.06. The Bertz CT molecular complexity index is 722. The summed E-state index contributed by atoms with van der Waals surface area (Å²) in [6.45, 7) is 4.52. The second-order valence-electron chi connectivity index (χ2n) is 6.76. The standard InChI is InChI=1S/C20H25FN4S/c1-23(2)19-9-7-18(8-10-19)22-20(26)25-13-11-24(12-14-25)15-16-3-5-17(21)6-4-16/h3-10H,11-15H2,1-2H3,(H,22,26). The molecule has 26 heavy (non-hydrogen) atoms. The Balaban J connectivity index is 1.47. The topological polar surface area (TPSA) is 21.8 Å². The first-order chi connectivity index (χ1) is 12.5. The van der Waals surface area contributed by atoms with Gasteiger partial charge in [0.2, 0.25) is 0 Å². The zero-order valence-corrected chi connectivity index (χ0v) is 16.1. The lowest BCUT2D eigenvalue weighted by Gasteiger charge is -2.36. The molecule has 6 heteroatoms. The van der Waals surface area contributed by atoms with E-state index in [0.29, 0.717) is 0 Å². The quantitative estimate of drug-likeness (QED) is 0.828. The van der Waals surface area contributed by atoms with E-state index in [9.17, 15) is 4.39 Å². The van der Waals surface area contributed by atoms with Gasteiger partial charge in [-0.15, -0.1) is 0 Å². The van der Waals surface area contributed by atoms with Crippen LogP contribution in [-0.4, -0.2) is 55.2 Å². The number of piperazine rings is 1. The third kappa shape index (κ3) is 4.93. The maximum atomic E-state index is 13.0. The molecule has 0 amide bonds. The summed E-state index contributed by atoms with van der Waals surface area (Å²) in [6.07, 6.45) is 0. The van der Waals surface area contributed by atoms with Crippen LogP contribution >= 0.6 is 12.2 Å². The van der Waals surface area contributed by atoms with Crippen LogP contribution in [0.1, 0.15) is 5.56 Å². The van der Waals surface area contributed by atoms with Gasteiger partial charge in [0.05, 0.1) is 0 Å². The predicted molar refractivity (Wildman–Crippen MR) is 110 cm³/mol. The molecule has 0 atom stereocenters. The van der Waals surface area contributed by atoms with Gasteiger partial charge in [-0.25, -0.2) is 4.39 Å². The number of hydrogen-bond acceptors (Lipinski definition) is 3. The van der Waals surface area contributed by atoms with Gasteiger partial charge in [-0.05, 0) is 54.2 Å². The average molecular weight is 373 g/mol. The van der Waals surface area contributed by atoms with E-state index in [4.69, 9.17) is 12.2 Å². The lowest BCUT2D eigenvalue weighted by Crippen LogP contribution is -2.49. The van der Waals surface area contributed by atoms with E-state index >= 15 is 0 Å². The number of nitrogens with zero attached hydrogens (tertiary/aromatic N) is 3. The molecule has 2 aromatic rings. The second kappa shape index (κ2) is 8.47. The van der Waals surface area contributed by atoms with Crippen molar-refractivity contribution in [2.24, 2.45) is 0 Å². The molecule has 1 aliphatic heterocycles. The summed E-state index contributed by atoms with van der Waals surface area (Å²) < 4.78 is 13.0. The monoisotopic (exact) mass is 372 g/mol. The molecule has 1 heterocycles. The van der Waals surface area contributed by atoms with Gasteiger partial charge in [0, 0.05) is 58.2 Å². The van der Waals surface area contributed by atoms with Gasteiger partial charge in [-0.2, -0.15) is 0 Å². The summed E-state index contributed by atoms with van der Waals surface area (Å²) in [5.74, 6) is -0.186. The molecule has 3 rings (SSSR count). The zero-order valence-electron chi connectivity index (χ0n) is 15.3. The van der Waals surface area contributed by atoms with Gasteiger partial charge in [0.15, 0.2) is 5.11 Å². The highest BCUT2D eigenvalue weighted by molar-refractivity contribution is 7.80. The molecule has 1 fully saturated rings. The molecule has 0 bridgehead atoms. The Morgan fingerprint density at radius 3 is 2.19 bits per heavy atom. The minimum Gasteiger partial charge on any atom is -0.378 e. The minimum absolute atomic E-state index is 0.186. The van der Waals surface area contributed by atoms with Crippen LogP contribution in [0.15, 0.2) is 48.5 Å². The highest BCUT2D eigenvalue weighted by Gasteiger charge is 2.19. The summed E-state index contributed by atoms with van der Waals surface area (Å²) in [4.78, 5) is 6.65. The van der Waals surface area contributed by atoms with Crippen molar-refractivity contribution >= 4 is 28.7 Å². The van der Waals surface area contributed by atoms with Gasteiger partial charge in [0.25, 0.3) is 0 Å². The van der Waals surface area contributed by atoms with Crippen molar-refractivity contribution in [3.8, 4) is 0 Å². The molecule has 1 saturated heterocycles. The van der Waals surface area contributed by atoms with E-state index in [0.717, 1.165) is 54.8 Å². The van der Waals surface area contributed by atoms with E-state index in [2.05, 4.69) is 32.1 Å². The van der Waals surface area contributed by atoms with Crippen molar-refractivity contribution in [2.45, 2.75) is 6.54 Å². The highest BCUT2D eigenvalue weighted by Crippen LogP contribution is 2.17. The normalized spacial score (nSPS) is 15.0. The van der Waals surface area contributed by atoms with Gasteiger partial charge in [-0.1, -0.05) is 12.1 Å². The van der Waals surface area contributed by atoms with Gasteiger partial charge in [-0.3, -0.25) is 4.90 Å². The van der Waals surface area contributed by atoms with Crippen LogP contribution < -0.4 is 10.2 Å². The van der Waals surface area contributed by atoms with Crippen LogP contribution in [0.25, 0.3) is 0 Å². The highest BCUT2D eigenvalue weighted by atomic mass is 32.1. The molecular formula is C20H25FN4S. The molecule has 4 nitrogen and oxygen atoms in total. The molecule has 0 aliphatic carbocycles. The molecule has 0 spiro atoms. The van der Waals surface area contributed by atoms with Crippen molar-refractivity contribution in [3.05, 3.63) is 59.9 Å². The summed E-state index contributed by atoms with van der Waals surface area (Å²) in [6, 6.07) is 15.0. The molecule has 0 saturated carbocycles. The van der Waals surface area contributed by atoms with Crippen LogP contribution in [0.2, 0.25) is 0 Å². The summed E-state index contributed by atoms with van der Waals surface area (Å²) in [7, 11) is 4.05. The summed E-state index contributed by atoms with van der Waals surface area (Å²) in [5, 5.41) is 4.09. The zero-order chi connectivity index (χ0) is 18.5. The van der Waals surface area contributed by atoms with E-state index in [1.54, 1.807) is 0 Å². The molecular weight excluding hydrogens is 347 g/mol. The fourth-order valence-electron chi connectivity index (χ4n) is 3.00. The number of rotatable bonds is 4. The number of hydrogen-bond donors (Lipinski definition) is 1. The van der Waals surface area contributed by atoms with E-state index < -0.39 is 0 Å². The maximum absolute atomic E-state index is 13.0. The molecule has 0 radical (unpaired) electrons. The van der Waals surface area contributed by atoms with Crippen LogP contribution in [0.3, 0.4) is 0 Å². The maximum Gasteiger partial charge on any atom is 0.173 e. The molecule has 138 valence electrons. The first-order valence-corrected chi connectivity index (χ1v) is 9.22. The van der Waals surface area contributed by atoms with Gasteiger partial charge < -0.3 is 15.1 Å². The van der Waals surface area contributed by atoms with E-state index in [1.807, 2.05) is 38.4 Å². The summed E-state index contributed by atoms with van der Waals surface area (Å²) in [5.41, 5.74) is 3.31. The molecule has 2 aromatic carbocycles. The number of benzene rings is 2. The predicted octanol–water partition coefficient (Wildman–Crippen LogP) is 3.41. The van der Waals surface area contributed by atoms with Gasteiger partial charge in [0.1, 0.15) is 5.82 Å². The van der Waals surface area contributed by atoms with Crippen LogP contribution in [0.5, 0.6) is 0 Å². The first kappa shape index (κ1) is 18.6. The Morgan fingerprint density at radius 1 is 1.00 bits per heavy atom. The van der Waals surface area contributed by atoms with E-state index in [-0.39, 0.29) is 5.82 Å². The third-order valence-corrected chi connectivity index (χ3v) is 4.97. The number of anilines is 2. The number of halogens is 1. The Labute approximate surface area is 160 Å². The van der Waals surface area contributed by atoms with Crippen molar-refractivity contribution in [1.82, 2.24) is 9.80 Å². The van der Waals surface area contributed by atoms with Crippen LogP contribution in [0, 0.1) is 5.82 Å². The smallest absolute Gasteiger partial charge is 0.173 e. The van der Waals surface area contributed by atoms with Crippen molar-refractivity contribution in [2.75, 3.05) is 50.5 Å². The van der Waals surface area contributed by atoms with Crippen LogP contribution in [-0.2, 0) is 6.54 Å². The van der Waals surface area contributed by atoms with Gasteiger partial charge >= 0.3 is 0 Å². The molecule has 1 N–H and O–H groups in total. The van der Waals surface area contributed by atoms with Crippen LogP contribution in [0.4, 0.5) is 15.8 Å². The lowest BCUT2D eigenvalue weighted by atomic mass is 10.2. The molecule has 1 aliphatic rings. The first-order valence-electron chi connectivity index (χ1n) is 8.81. The largest absolute Gasteiger partial charge is 0.378 e.